The molecule has 0 bridgehead atoms. The molecule has 2 aromatic carbocycles. The highest BCUT2D eigenvalue weighted by Crippen LogP contribution is 2.27. The van der Waals surface area contributed by atoms with Crippen LogP contribution in [0.25, 0.3) is 0 Å². The maximum Gasteiger partial charge on any atom is 0.319 e. The lowest BCUT2D eigenvalue weighted by Crippen LogP contribution is -2.42. The van der Waals surface area contributed by atoms with Crippen molar-refractivity contribution < 1.29 is 14.3 Å². The topological polar surface area (TPSA) is 67.4 Å². The summed E-state index contributed by atoms with van der Waals surface area (Å²) in [5.74, 6) is 0.00478. The highest BCUT2D eigenvalue weighted by molar-refractivity contribution is 5.95. The molecular weight excluding hydrogens is 316 g/mol. The minimum absolute atomic E-state index is 0.00478. The van der Waals surface area contributed by atoms with Gasteiger partial charge < -0.3 is 15.4 Å². The maximum atomic E-state index is 12.2. The van der Waals surface area contributed by atoms with Crippen LogP contribution in [0, 0.1) is 0 Å². The number of carbonyl (C=O) groups is 2. The summed E-state index contributed by atoms with van der Waals surface area (Å²) >= 11 is 0. The second kappa shape index (κ2) is 7.94. The van der Waals surface area contributed by atoms with Gasteiger partial charge in [-0.1, -0.05) is 30.3 Å². The van der Waals surface area contributed by atoms with Crippen LogP contribution in [0.3, 0.4) is 0 Å². The maximum absolute atomic E-state index is 12.2. The summed E-state index contributed by atoms with van der Waals surface area (Å²) in [5, 5.41) is 5.82. The number of benzene rings is 2. The van der Waals surface area contributed by atoms with E-state index < -0.39 is 0 Å². The van der Waals surface area contributed by atoms with Crippen LogP contribution in [0.5, 0.6) is 0 Å². The number of carbonyl (C=O) groups excluding carboxylic acids is 2. The number of hydrogen-bond donors (Lipinski definition) is 2. The zero-order chi connectivity index (χ0) is 17.6. The van der Waals surface area contributed by atoms with Crippen LogP contribution in [0.1, 0.15) is 41.8 Å². The number of anilines is 1. The third-order valence-corrected chi connectivity index (χ3v) is 4.34. The molecule has 3 rings (SSSR count). The van der Waals surface area contributed by atoms with Crippen LogP contribution in [-0.2, 0) is 4.74 Å². The van der Waals surface area contributed by atoms with Gasteiger partial charge >= 0.3 is 6.03 Å². The molecule has 0 aliphatic carbocycles. The Balaban J connectivity index is 1.54. The molecule has 0 aromatic heterocycles. The third kappa shape index (κ3) is 4.67. The Labute approximate surface area is 147 Å². The van der Waals surface area contributed by atoms with Crippen LogP contribution >= 0.6 is 0 Å². The molecule has 2 aromatic rings. The molecule has 0 spiro atoms. The van der Waals surface area contributed by atoms with E-state index in [0.717, 1.165) is 18.4 Å². The molecule has 25 heavy (non-hydrogen) atoms. The molecule has 1 aliphatic heterocycles. The largest absolute Gasteiger partial charge is 0.373 e. The average molecular weight is 338 g/mol. The number of ether oxygens (including phenoxy) is 1. The molecule has 5 heteroatoms. The van der Waals surface area contributed by atoms with Gasteiger partial charge in [-0.2, -0.15) is 0 Å². The number of ketones is 1. The first-order chi connectivity index (χ1) is 12.1. The van der Waals surface area contributed by atoms with E-state index >= 15 is 0 Å². The van der Waals surface area contributed by atoms with Crippen LogP contribution in [0.15, 0.2) is 54.6 Å². The summed E-state index contributed by atoms with van der Waals surface area (Å²) < 4.78 is 5.83. The number of nitrogens with one attached hydrogen (secondary N) is 2. The molecule has 0 unspecified atom stereocenters. The van der Waals surface area contributed by atoms with E-state index in [4.69, 9.17) is 4.74 Å². The monoisotopic (exact) mass is 338 g/mol. The molecule has 2 N–H and O–H groups in total. The fraction of sp³-hybridized carbons (Fsp3) is 0.300. The first-order valence-electron chi connectivity index (χ1n) is 8.47. The molecule has 0 radical (unpaired) electrons. The van der Waals surface area contributed by atoms with E-state index in [9.17, 15) is 9.59 Å². The van der Waals surface area contributed by atoms with Gasteiger partial charge in [-0.05, 0) is 49.6 Å². The first kappa shape index (κ1) is 17.2. The predicted octanol–water partition coefficient (Wildman–Crippen LogP) is 3.93. The highest BCUT2D eigenvalue weighted by Gasteiger charge is 2.25. The van der Waals surface area contributed by atoms with Gasteiger partial charge in [0.25, 0.3) is 0 Å². The van der Waals surface area contributed by atoms with E-state index in [1.54, 1.807) is 24.3 Å². The smallest absolute Gasteiger partial charge is 0.319 e. The summed E-state index contributed by atoms with van der Waals surface area (Å²) in [4.78, 5) is 23.5. The van der Waals surface area contributed by atoms with Gasteiger partial charge in [0.1, 0.15) is 0 Å². The normalized spacial score (nSPS) is 19.9. The number of amides is 2. The third-order valence-electron chi connectivity index (χ3n) is 4.34. The Morgan fingerprint density at radius 2 is 1.76 bits per heavy atom. The second-order valence-electron chi connectivity index (χ2n) is 6.22. The van der Waals surface area contributed by atoms with Crippen LogP contribution in [0.4, 0.5) is 10.5 Å². The number of urea groups is 1. The van der Waals surface area contributed by atoms with Gasteiger partial charge in [0.2, 0.25) is 0 Å². The molecular formula is C20H22N2O3. The molecule has 1 fully saturated rings. The Morgan fingerprint density at radius 1 is 1.04 bits per heavy atom. The molecule has 130 valence electrons. The summed E-state index contributed by atoms with van der Waals surface area (Å²) in [6.07, 6.45) is 1.55. The van der Waals surface area contributed by atoms with Gasteiger partial charge in [-0.25, -0.2) is 4.79 Å². The highest BCUT2D eigenvalue weighted by atomic mass is 16.5. The van der Waals surface area contributed by atoms with Gasteiger partial charge in [0.05, 0.1) is 6.10 Å². The lowest BCUT2D eigenvalue weighted by molar-refractivity contribution is 0.00253. The fourth-order valence-corrected chi connectivity index (χ4v) is 2.97. The van der Waals surface area contributed by atoms with Gasteiger partial charge in [0, 0.05) is 23.9 Å². The van der Waals surface area contributed by atoms with Crippen molar-refractivity contribution >= 4 is 17.5 Å². The lowest BCUT2D eigenvalue weighted by Gasteiger charge is -2.30. The Morgan fingerprint density at radius 3 is 2.44 bits per heavy atom. The summed E-state index contributed by atoms with van der Waals surface area (Å²) in [6.45, 7) is 2.14. The zero-order valence-electron chi connectivity index (χ0n) is 14.2. The first-order valence-corrected chi connectivity index (χ1v) is 8.47. The van der Waals surface area contributed by atoms with Crippen molar-refractivity contribution in [2.75, 3.05) is 11.9 Å². The molecule has 2 amide bonds. The van der Waals surface area contributed by atoms with Crippen LogP contribution in [-0.4, -0.2) is 24.5 Å². The summed E-state index contributed by atoms with van der Waals surface area (Å²) in [5.41, 5.74) is 2.42. The molecule has 5 nitrogen and oxygen atoms in total. The van der Waals surface area contributed by atoms with Gasteiger partial charge in [-0.15, -0.1) is 0 Å². The van der Waals surface area contributed by atoms with Crippen molar-refractivity contribution in [2.45, 2.75) is 31.9 Å². The minimum Gasteiger partial charge on any atom is -0.373 e. The van der Waals surface area contributed by atoms with E-state index in [2.05, 4.69) is 10.6 Å². The fourth-order valence-electron chi connectivity index (χ4n) is 2.97. The molecule has 1 aliphatic rings. The molecule has 1 saturated heterocycles. The van der Waals surface area contributed by atoms with E-state index in [1.807, 2.05) is 30.3 Å². The Kier molecular flexibility index (Phi) is 5.46. The SMILES string of the molecule is CC(=O)c1ccc(NC(=O)N[C@@H]2CCO[C@H](c3ccccc3)C2)cc1. The van der Waals surface area contributed by atoms with E-state index in [0.29, 0.717) is 17.9 Å². The Bertz CT molecular complexity index is 728. The van der Waals surface area contributed by atoms with Crippen molar-refractivity contribution in [2.24, 2.45) is 0 Å². The van der Waals surface area contributed by atoms with Crippen molar-refractivity contribution in [1.29, 1.82) is 0 Å². The number of Topliss-reactive ketones (excluding diaryl/α,β-unsaturated/α-hetero) is 1. The lowest BCUT2D eigenvalue weighted by atomic mass is 9.97. The van der Waals surface area contributed by atoms with E-state index in [1.165, 1.54) is 6.92 Å². The van der Waals surface area contributed by atoms with Crippen molar-refractivity contribution in [3.05, 3.63) is 65.7 Å². The summed E-state index contributed by atoms with van der Waals surface area (Å²) in [6, 6.07) is 16.8. The van der Waals surface area contributed by atoms with Gasteiger partial charge in [0.15, 0.2) is 5.78 Å². The minimum atomic E-state index is -0.241. The van der Waals surface area contributed by atoms with Gasteiger partial charge in [-0.3, -0.25) is 4.79 Å². The van der Waals surface area contributed by atoms with Crippen molar-refractivity contribution in [3.63, 3.8) is 0 Å². The Hall–Kier alpha value is -2.66. The zero-order valence-corrected chi connectivity index (χ0v) is 14.2. The van der Waals surface area contributed by atoms with E-state index in [-0.39, 0.29) is 24.0 Å². The predicted molar refractivity (Wildman–Crippen MR) is 96.8 cm³/mol. The van der Waals surface area contributed by atoms with Crippen LogP contribution < -0.4 is 10.6 Å². The molecule has 0 saturated carbocycles. The quantitative estimate of drug-likeness (QED) is 0.830. The van der Waals surface area contributed by atoms with Crippen molar-refractivity contribution in [1.82, 2.24) is 5.32 Å². The molecule has 1 heterocycles. The van der Waals surface area contributed by atoms with Crippen molar-refractivity contribution in [3.8, 4) is 0 Å². The number of hydrogen-bond acceptors (Lipinski definition) is 3. The second-order valence-corrected chi connectivity index (χ2v) is 6.22. The standard InChI is InChI=1S/C20H22N2O3/c1-14(23)15-7-9-17(10-8-15)21-20(24)22-18-11-12-25-19(13-18)16-5-3-2-4-6-16/h2-10,18-19H,11-13H2,1H3,(H2,21,22,24)/t18-,19+/m1/s1. The number of rotatable bonds is 4. The van der Waals surface area contributed by atoms with Crippen LogP contribution in [0.2, 0.25) is 0 Å². The summed E-state index contributed by atoms with van der Waals surface area (Å²) in [7, 11) is 0. The average Bonchev–Trinajstić information content (AvgIpc) is 2.63. The molecule has 2 atom stereocenters.